The van der Waals surface area contributed by atoms with Crippen molar-refractivity contribution in [2.75, 3.05) is 0 Å². The maximum atomic E-state index is 11.3. The van der Waals surface area contributed by atoms with E-state index in [0.717, 1.165) is 51.1 Å². The first-order chi connectivity index (χ1) is 19.0. The predicted octanol–water partition coefficient (Wildman–Crippen LogP) is 7.49. The van der Waals surface area contributed by atoms with Crippen molar-refractivity contribution in [2.45, 2.75) is 0 Å². The molecule has 0 atom stereocenters. The summed E-state index contributed by atoms with van der Waals surface area (Å²) >= 11 is 0. The van der Waals surface area contributed by atoms with Crippen LogP contribution in [0.1, 0.15) is 33.4 Å². The first-order valence-electron chi connectivity index (χ1n) is 12.2. The summed E-state index contributed by atoms with van der Waals surface area (Å²) in [5.74, 6) is -1.48. The molecule has 5 nitrogen and oxygen atoms in total. The topological polar surface area (TPSA) is 83.8 Å². The fourth-order valence-electron chi connectivity index (χ4n) is 4.06. The third-order valence-electron chi connectivity index (χ3n) is 5.80. The Balaban J connectivity index is 1.89. The third kappa shape index (κ3) is 7.31. The number of benzene rings is 4. The molecule has 0 saturated carbocycles. The normalized spacial score (nSPS) is 12.1. The van der Waals surface area contributed by atoms with E-state index in [4.69, 9.17) is 9.84 Å². The lowest BCUT2D eigenvalue weighted by Crippen LogP contribution is -1.99. The van der Waals surface area contributed by atoms with Crippen molar-refractivity contribution >= 4 is 41.5 Å². The average Bonchev–Trinajstić information content (AvgIpc) is 2.96. The Bertz CT molecular complexity index is 1560. The van der Waals surface area contributed by atoms with Crippen molar-refractivity contribution in [3.63, 3.8) is 0 Å². The second-order valence-electron chi connectivity index (χ2n) is 8.42. The molecule has 4 rings (SSSR count). The van der Waals surface area contributed by atoms with Crippen LogP contribution in [0.2, 0.25) is 0 Å². The molecular formula is C34H26O5. The number of hydrogen-bond donors (Lipinski definition) is 2. The van der Waals surface area contributed by atoms with Gasteiger partial charge in [-0.05, 0) is 46.0 Å². The van der Waals surface area contributed by atoms with Crippen LogP contribution in [0.4, 0.5) is 0 Å². The van der Waals surface area contributed by atoms with Crippen LogP contribution in [0, 0.1) is 0 Å². The number of aliphatic carboxylic acids is 2. The average molecular weight is 515 g/mol. The van der Waals surface area contributed by atoms with Gasteiger partial charge in [0.05, 0.1) is 6.26 Å². The molecule has 0 aliphatic heterocycles. The fraction of sp³-hybridized carbons (Fsp3) is 0. The third-order valence-corrected chi connectivity index (χ3v) is 5.80. The van der Waals surface area contributed by atoms with Crippen molar-refractivity contribution in [2.24, 2.45) is 0 Å². The predicted molar refractivity (Wildman–Crippen MR) is 155 cm³/mol. The van der Waals surface area contributed by atoms with Gasteiger partial charge in [-0.25, -0.2) is 9.59 Å². The maximum absolute atomic E-state index is 11.3. The van der Waals surface area contributed by atoms with Crippen molar-refractivity contribution in [3.05, 3.63) is 161 Å². The molecule has 0 aliphatic rings. The number of hydrogen-bond acceptors (Lipinski definition) is 3. The standard InChI is InChI=1S/C34H26O5/c35-31(36)21-19-25-11-7-8-12-26(25)23-24-39-34(29-16-5-2-6-17-29)33(28-14-3-1-4-15-28)30-18-10-9-13-27(30)20-22-32(37)38/h1-24H,(H,35,36)(H,37,38). The van der Waals surface area contributed by atoms with Gasteiger partial charge >= 0.3 is 11.9 Å². The number of carboxylic acid groups (broad SMARTS) is 2. The van der Waals surface area contributed by atoms with E-state index in [9.17, 15) is 14.7 Å². The van der Waals surface area contributed by atoms with Crippen molar-refractivity contribution in [1.29, 1.82) is 0 Å². The van der Waals surface area contributed by atoms with Crippen LogP contribution in [0.15, 0.2) is 128 Å². The van der Waals surface area contributed by atoms with Gasteiger partial charge in [-0.2, -0.15) is 0 Å². The molecule has 0 saturated heterocycles. The molecule has 0 heterocycles. The lowest BCUT2D eigenvalue weighted by Gasteiger charge is -2.18. The van der Waals surface area contributed by atoms with E-state index in [1.54, 1.807) is 18.4 Å². The molecule has 0 radical (unpaired) electrons. The van der Waals surface area contributed by atoms with Crippen LogP contribution in [0.25, 0.3) is 29.6 Å². The molecule has 192 valence electrons. The first kappa shape index (κ1) is 26.6. The van der Waals surface area contributed by atoms with Crippen molar-refractivity contribution in [1.82, 2.24) is 0 Å². The maximum Gasteiger partial charge on any atom is 0.328 e. The lowest BCUT2D eigenvalue weighted by atomic mass is 9.90. The van der Waals surface area contributed by atoms with Gasteiger partial charge in [0.1, 0.15) is 5.76 Å². The molecule has 4 aromatic rings. The summed E-state index contributed by atoms with van der Waals surface area (Å²) in [6, 6.07) is 34.4. The molecule has 5 heteroatoms. The molecule has 2 N–H and O–H groups in total. The Labute approximate surface area is 227 Å². The molecule has 39 heavy (non-hydrogen) atoms. The minimum Gasteiger partial charge on any atom is -0.478 e. The van der Waals surface area contributed by atoms with E-state index in [1.165, 1.54) is 6.08 Å². The van der Waals surface area contributed by atoms with Crippen LogP contribution in [0.3, 0.4) is 0 Å². The zero-order valence-electron chi connectivity index (χ0n) is 21.0. The molecule has 0 spiro atoms. The molecule has 0 aromatic heterocycles. The van der Waals surface area contributed by atoms with Crippen LogP contribution >= 0.6 is 0 Å². The van der Waals surface area contributed by atoms with Crippen LogP contribution in [0.5, 0.6) is 0 Å². The monoisotopic (exact) mass is 514 g/mol. The molecule has 0 unspecified atom stereocenters. The van der Waals surface area contributed by atoms with E-state index in [2.05, 4.69) is 0 Å². The minimum atomic E-state index is -1.03. The Morgan fingerprint density at radius 1 is 0.538 bits per heavy atom. The number of ether oxygens (including phenoxy) is 1. The highest BCUT2D eigenvalue weighted by atomic mass is 16.5. The Hall–Kier alpha value is -5.42. The zero-order chi connectivity index (χ0) is 27.5. The van der Waals surface area contributed by atoms with E-state index >= 15 is 0 Å². The first-order valence-corrected chi connectivity index (χ1v) is 12.2. The summed E-state index contributed by atoms with van der Waals surface area (Å²) in [6.45, 7) is 0. The molecule has 0 fully saturated rings. The Kier molecular flexibility index (Phi) is 9.03. The number of rotatable bonds is 10. The summed E-state index contributed by atoms with van der Waals surface area (Å²) in [4.78, 5) is 22.3. The number of carboxylic acids is 2. The minimum absolute atomic E-state index is 0.577. The molecule has 4 aromatic carbocycles. The van der Waals surface area contributed by atoms with Crippen molar-refractivity contribution < 1.29 is 24.5 Å². The molecule has 0 aliphatic carbocycles. The summed E-state index contributed by atoms with van der Waals surface area (Å²) in [5.41, 5.74) is 5.56. The van der Waals surface area contributed by atoms with E-state index < -0.39 is 11.9 Å². The zero-order valence-corrected chi connectivity index (χ0v) is 21.0. The van der Waals surface area contributed by atoms with Crippen molar-refractivity contribution in [3.8, 4) is 0 Å². The Morgan fingerprint density at radius 3 is 1.59 bits per heavy atom. The van der Waals surface area contributed by atoms with Gasteiger partial charge in [0, 0.05) is 23.3 Å². The van der Waals surface area contributed by atoms with E-state index in [0.29, 0.717) is 5.76 Å². The van der Waals surface area contributed by atoms with Gasteiger partial charge in [-0.1, -0.05) is 109 Å². The largest absolute Gasteiger partial charge is 0.478 e. The highest BCUT2D eigenvalue weighted by Crippen LogP contribution is 2.35. The molecule has 0 bridgehead atoms. The van der Waals surface area contributed by atoms with Crippen LogP contribution < -0.4 is 0 Å². The molecular weight excluding hydrogens is 488 g/mol. The summed E-state index contributed by atoms with van der Waals surface area (Å²) in [5, 5.41) is 18.3. The summed E-state index contributed by atoms with van der Waals surface area (Å²) < 4.78 is 6.38. The highest BCUT2D eigenvalue weighted by molar-refractivity contribution is 5.99. The number of carbonyl (C=O) groups is 2. The van der Waals surface area contributed by atoms with Gasteiger partial charge in [-0.3, -0.25) is 0 Å². The van der Waals surface area contributed by atoms with Crippen LogP contribution in [-0.2, 0) is 14.3 Å². The van der Waals surface area contributed by atoms with Gasteiger partial charge in [0.25, 0.3) is 0 Å². The fourth-order valence-corrected chi connectivity index (χ4v) is 4.06. The lowest BCUT2D eigenvalue weighted by molar-refractivity contribution is -0.132. The summed E-state index contributed by atoms with van der Waals surface area (Å²) in [6.07, 6.45) is 8.68. The van der Waals surface area contributed by atoms with Gasteiger partial charge in [0.15, 0.2) is 0 Å². The second-order valence-corrected chi connectivity index (χ2v) is 8.42. The van der Waals surface area contributed by atoms with E-state index in [-0.39, 0.29) is 0 Å². The van der Waals surface area contributed by atoms with Crippen LogP contribution in [-0.4, -0.2) is 22.2 Å². The van der Waals surface area contributed by atoms with Gasteiger partial charge in [0.2, 0.25) is 0 Å². The van der Waals surface area contributed by atoms with Gasteiger partial charge < -0.3 is 14.9 Å². The second kappa shape index (κ2) is 13.2. The highest BCUT2D eigenvalue weighted by Gasteiger charge is 2.17. The Morgan fingerprint density at radius 2 is 1.00 bits per heavy atom. The summed E-state index contributed by atoms with van der Waals surface area (Å²) in [7, 11) is 0. The quantitative estimate of drug-likeness (QED) is 0.130. The van der Waals surface area contributed by atoms with E-state index in [1.807, 2.05) is 109 Å². The van der Waals surface area contributed by atoms with Gasteiger partial charge in [-0.15, -0.1) is 0 Å². The molecule has 0 amide bonds. The smallest absolute Gasteiger partial charge is 0.328 e. The SMILES string of the molecule is O=C(O)C=Cc1ccccc1C=COC(=C(c1ccccc1)c1ccccc1C=CC(=O)O)c1ccccc1.